The molecule has 0 atom stereocenters. The van der Waals surface area contributed by atoms with Crippen molar-refractivity contribution < 1.29 is 9.84 Å². The summed E-state index contributed by atoms with van der Waals surface area (Å²) in [5, 5.41) is 10.1. The summed E-state index contributed by atoms with van der Waals surface area (Å²) in [4.78, 5) is -0.648. The fourth-order valence-electron chi connectivity index (χ4n) is 1.51. The minimum absolute atomic E-state index is 0.479. The van der Waals surface area contributed by atoms with E-state index in [4.69, 9.17) is 17.0 Å². The molecule has 0 aromatic rings. The summed E-state index contributed by atoms with van der Waals surface area (Å²) in [6.45, 7) is 2.49. The van der Waals surface area contributed by atoms with Crippen LogP contribution in [-0.4, -0.2) is 21.0 Å². The zero-order valence-corrected chi connectivity index (χ0v) is 9.55. The van der Waals surface area contributed by atoms with E-state index < -0.39 is 4.93 Å². The van der Waals surface area contributed by atoms with Crippen LogP contribution >= 0.6 is 24.0 Å². The summed E-state index contributed by atoms with van der Waals surface area (Å²) in [7, 11) is 0. The van der Waals surface area contributed by atoms with Gasteiger partial charge in [0.2, 0.25) is 4.38 Å². The van der Waals surface area contributed by atoms with E-state index in [0.29, 0.717) is 11.0 Å². The Bertz CT molecular complexity index is 176. The highest BCUT2D eigenvalue weighted by molar-refractivity contribution is 8.23. The topological polar surface area (TPSA) is 29.5 Å². The van der Waals surface area contributed by atoms with Crippen molar-refractivity contribution >= 4 is 28.4 Å². The second-order valence-corrected chi connectivity index (χ2v) is 5.26. The number of thioether (sulfide) groups is 1. The van der Waals surface area contributed by atoms with Gasteiger partial charge in [0.05, 0.1) is 6.61 Å². The Balaban J connectivity index is 2.36. The number of aliphatic hydroxyl groups is 1. The molecule has 0 saturated heterocycles. The summed E-state index contributed by atoms with van der Waals surface area (Å²) in [5.41, 5.74) is 0. The Hall–Kier alpha value is 0.200. The lowest BCUT2D eigenvalue weighted by Gasteiger charge is -2.30. The quantitative estimate of drug-likeness (QED) is 0.572. The predicted octanol–water partition coefficient (Wildman–Crippen LogP) is 2.69. The Kier molecular flexibility index (Phi) is 4.49. The molecule has 1 fully saturated rings. The first-order valence-corrected chi connectivity index (χ1v) is 5.97. The molecule has 0 radical (unpaired) electrons. The average Bonchev–Trinajstić information content (AvgIpc) is 2.04. The van der Waals surface area contributed by atoms with E-state index >= 15 is 0 Å². The molecule has 0 unspecified atom stereocenters. The van der Waals surface area contributed by atoms with Crippen molar-refractivity contribution in [1.29, 1.82) is 0 Å². The van der Waals surface area contributed by atoms with E-state index in [1.54, 1.807) is 0 Å². The van der Waals surface area contributed by atoms with Crippen LogP contribution < -0.4 is 0 Å². The summed E-state index contributed by atoms with van der Waals surface area (Å²) in [6.07, 6.45) is 5.09. The van der Waals surface area contributed by atoms with Crippen LogP contribution in [0.1, 0.15) is 39.0 Å². The van der Waals surface area contributed by atoms with Gasteiger partial charge in [0.25, 0.3) is 0 Å². The zero-order valence-electron chi connectivity index (χ0n) is 7.91. The highest BCUT2D eigenvalue weighted by Crippen LogP contribution is 2.38. The van der Waals surface area contributed by atoms with Crippen LogP contribution in [0.5, 0.6) is 0 Å². The monoisotopic (exact) mass is 220 g/mol. The molecule has 1 saturated carbocycles. The van der Waals surface area contributed by atoms with Crippen molar-refractivity contribution in [1.82, 2.24) is 0 Å². The molecule has 0 spiro atoms. The number of rotatable bonds is 2. The highest BCUT2D eigenvalue weighted by Gasteiger charge is 2.31. The summed E-state index contributed by atoms with van der Waals surface area (Å²) in [5.74, 6) is 0. The SMILES string of the molecule is CCOC(=S)SC1(O)CCCCC1. The smallest absolute Gasteiger partial charge is 0.222 e. The largest absolute Gasteiger partial charge is 0.479 e. The number of thiocarbonyl (C=S) groups is 1. The number of hydrogen-bond acceptors (Lipinski definition) is 4. The maximum atomic E-state index is 10.1. The third-order valence-corrected chi connectivity index (χ3v) is 3.61. The van der Waals surface area contributed by atoms with Gasteiger partial charge in [-0.1, -0.05) is 6.42 Å². The molecular formula is C9H16O2S2. The predicted molar refractivity (Wildman–Crippen MR) is 59.8 cm³/mol. The van der Waals surface area contributed by atoms with Gasteiger partial charge in [-0.25, -0.2) is 0 Å². The first-order valence-electron chi connectivity index (χ1n) is 4.74. The lowest BCUT2D eigenvalue weighted by atomic mass is 9.97. The molecule has 1 aliphatic rings. The van der Waals surface area contributed by atoms with Crippen LogP contribution in [0, 0.1) is 0 Å². The van der Waals surface area contributed by atoms with Gasteiger partial charge in [-0.3, -0.25) is 0 Å². The van der Waals surface area contributed by atoms with Crippen LogP contribution in [0.25, 0.3) is 0 Å². The van der Waals surface area contributed by atoms with Gasteiger partial charge >= 0.3 is 0 Å². The Labute approximate surface area is 89.0 Å². The fraction of sp³-hybridized carbons (Fsp3) is 0.889. The molecule has 0 aromatic heterocycles. The van der Waals surface area contributed by atoms with Gasteiger partial charge in [0.1, 0.15) is 4.93 Å². The van der Waals surface area contributed by atoms with Crippen molar-refractivity contribution in [3.05, 3.63) is 0 Å². The van der Waals surface area contributed by atoms with Crippen molar-refractivity contribution in [2.75, 3.05) is 6.61 Å². The Morgan fingerprint density at radius 3 is 2.62 bits per heavy atom. The molecule has 0 heterocycles. The molecule has 1 rings (SSSR count). The Morgan fingerprint density at radius 1 is 1.46 bits per heavy atom. The van der Waals surface area contributed by atoms with E-state index in [2.05, 4.69) is 0 Å². The van der Waals surface area contributed by atoms with E-state index in [0.717, 1.165) is 25.7 Å². The van der Waals surface area contributed by atoms with E-state index in [1.807, 2.05) is 6.92 Å². The molecule has 76 valence electrons. The summed E-state index contributed by atoms with van der Waals surface area (Å²) < 4.78 is 5.62. The van der Waals surface area contributed by atoms with Crippen molar-refractivity contribution in [3.63, 3.8) is 0 Å². The van der Waals surface area contributed by atoms with Gasteiger partial charge in [0.15, 0.2) is 0 Å². The third kappa shape index (κ3) is 3.83. The second-order valence-electron chi connectivity index (χ2n) is 3.29. The van der Waals surface area contributed by atoms with Crippen molar-refractivity contribution in [3.8, 4) is 0 Å². The molecule has 1 N–H and O–H groups in total. The second kappa shape index (κ2) is 5.17. The molecule has 13 heavy (non-hydrogen) atoms. The maximum Gasteiger partial charge on any atom is 0.222 e. The molecule has 4 heteroatoms. The van der Waals surface area contributed by atoms with E-state index in [9.17, 15) is 5.11 Å². The third-order valence-electron chi connectivity index (χ3n) is 2.17. The lowest BCUT2D eigenvalue weighted by molar-refractivity contribution is 0.0953. The zero-order chi connectivity index (χ0) is 9.73. The minimum Gasteiger partial charge on any atom is -0.479 e. The lowest BCUT2D eigenvalue weighted by Crippen LogP contribution is -2.28. The minimum atomic E-state index is -0.648. The Morgan fingerprint density at radius 2 is 2.08 bits per heavy atom. The molecule has 2 nitrogen and oxygen atoms in total. The molecule has 1 aliphatic carbocycles. The van der Waals surface area contributed by atoms with Gasteiger partial charge in [-0.05, 0) is 56.6 Å². The molecule has 0 aliphatic heterocycles. The van der Waals surface area contributed by atoms with Gasteiger partial charge < -0.3 is 9.84 Å². The maximum absolute atomic E-state index is 10.1. The van der Waals surface area contributed by atoms with Gasteiger partial charge in [0, 0.05) is 0 Å². The summed E-state index contributed by atoms with van der Waals surface area (Å²) in [6, 6.07) is 0. The first kappa shape index (κ1) is 11.3. The van der Waals surface area contributed by atoms with Crippen LogP contribution in [0.2, 0.25) is 0 Å². The average molecular weight is 220 g/mol. The van der Waals surface area contributed by atoms with Crippen LogP contribution in [0.3, 0.4) is 0 Å². The number of ether oxygens (including phenoxy) is 1. The van der Waals surface area contributed by atoms with E-state index in [-0.39, 0.29) is 0 Å². The number of hydrogen-bond donors (Lipinski definition) is 1. The van der Waals surface area contributed by atoms with Gasteiger partial charge in [-0.15, -0.1) is 0 Å². The first-order chi connectivity index (χ1) is 6.16. The van der Waals surface area contributed by atoms with Crippen LogP contribution in [0.15, 0.2) is 0 Å². The normalized spacial score (nSPS) is 21.1. The molecule has 0 bridgehead atoms. The van der Waals surface area contributed by atoms with Gasteiger partial charge in [-0.2, -0.15) is 0 Å². The van der Waals surface area contributed by atoms with Crippen molar-refractivity contribution in [2.24, 2.45) is 0 Å². The van der Waals surface area contributed by atoms with Crippen LogP contribution in [-0.2, 0) is 4.74 Å². The standard InChI is InChI=1S/C9H16O2S2/c1-2-11-8(12)13-9(10)6-4-3-5-7-9/h10H,2-7H2,1H3. The summed E-state index contributed by atoms with van der Waals surface area (Å²) >= 11 is 6.30. The fourth-order valence-corrected chi connectivity index (χ4v) is 3.07. The highest BCUT2D eigenvalue weighted by atomic mass is 32.2. The molecule has 0 amide bonds. The molecule has 0 aromatic carbocycles. The van der Waals surface area contributed by atoms with E-state index in [1.165, 1.54) is 18.2 Å². The van der Waals surface area contributed by atoms with Crippen LogP contribution in [0.4, 0.5) is 0 Å². The molecular weight excluding hydrogens is 204 g/mol. The van der Waals surface area contributed by atoms with Crippen molar-refractivity contribution in [2.45, 2.75) is 44.0 Å².